The maximum Gasteiger partial charge on any atom is 0.191 e. The molecule has 0 aliphatic heterocycles. The molecule has 0 aliphatic carbocycles. The monoisotopic (exact) mass is 341 g/mol. The minimum Gasteiger partial charge on any atom is -0.383 e. The van der Waals surface area contributed by atoms with E-state index in [2.05, 4.69) is 56.7 Å². The minimum absolute atomic E-state index is 0.683. The summed E-state index contributed by atoms with van der Waals surface area (Å²) in [5, 5.41) is 6.46. The zero-order valence-electron chi connectivity index (χ0n) is 12.3. The van der Waals surface area contributed by atoms with E-state index in [1.807, 2.05) is 6.07 Å². The number of benzene rings is 1. The molecule has 112 valence electrons. The number of hydrogen-bond donors (Lipinski definition) is 2. The Balaban J connectivity index is 2.32. The van der Waals surface area contributed by atoms with Crippen molar-refractivity contribution in [1.29, 1.82) is 0 Å². The zero-order chi connectivity index (χ0) is 14.6. The highest BCUT2D eigenvalue weighted by atomic mass is 79.9. The van der Waals surface area contributed by atoms with Crippen molar-refractivity contribution in [1.82, 2.24) is 10.6 Å². The molecule has 0 aromatic heterocycles. The van der Waals surface area contributed by atoms with Crippen LogP contribution in [0.2, 0.25) is 0 Å². The van der Waals surface area contributed by atoms with Crippen LogP contribution in [0.3, 0.4) is 0 Å². The van der Waals surface area contributed by atoms with Gasteiger partial charge in [0.15, 0.2) is 5.96 Å². The fourth-order valence-corrected chi connectivity index (χ4v) is 2.23. The molecule has 0 radical (unpaired) electrons. The van der Waals surface area contributed by atoms with Crippen LogP contribution in [0.1, 0.15) is 18.9 Å². The van der Waals surface area contributed by atoms with E-state index in [1.54, 1.807) is 7.11 Å². The summed E-state index contributed by atoms with van der Waals surface area (Å²) in [6, 6.07) is 8.42. The molecule has 0 saturated carbocycles. The van der Waals surface area contributed by atoms with Crippen LogP contribution in [0.15, 0.2) is 33.7 Å². The lowest BCUT2D eigenvalue weighted by Gasteiger charge is -2.10. The Labute approximate surface area is 130 Å². The van der Waals surface area contributed by atoms with Gasteiger partial charge in [-0.1, -0.05) is 28.1 Å². The first kappa shape index (κ1) is 17.0. The molecule has 20 heavy (non-hydrogen) atoms. The van der Waals surface area contributed by atoms with Crippen molar-refractivity contribution in [2.75, 3.05) is 33.4 Å². The summed E-state index contributed by atoms with van der Waals surface area (Å²) in [5.74, 6) is 0.860. The van der Waals surface area contributed by atoms with Crippen molar-refractivity contribution in [3.05, 3.63) is 34.3 Å². The first-order chi connectivity index (χ1) is 9.76. The number of aryl methyl sites for hydroxylation is 1. The van der Waals surface area contributed by atoms with Crippen molar-refractivity contribution in [3.8, 4) is 0 Å². The van der Waals surface area contributed by atoms with Gasteiger partial charge in [-0.2, -0.15) is 0 Å². The lowest BCUT2D eigenvalue weighted by Crippen LogP contribution is -2.39. The Morgan fingerprint density at radius 1 is 1.35 bits per heavy atom. The molecule has 0 spiro atoms. The van der Waals surface area contributed by atoms with Gasteiger partial charge >= 0.3 is 0 Å². The number of guanidine groups is 1. The Bertz CT molecular complexity index is 410. The minimum atomic E-state index is 0.683. The molecule has 0 unspecified atom stereocenters. The normalized spacial score (nSPS) is 11.4. The van der Waals surface area contributed by atoms with Crippen LogP contribution in [-0.2, 0) is 11.2 Å². The summed E-state index contributed by atoms with van der Waals surface area (Å²) in [7, 11) is 1.70. The number of halogens is 1. The summed E-state index contributed by atoms with van der Waals surface area (Å²) >= 11 is 3.49. The van der Waals surface area contributed by atoms with Crippen molar-refractivity contribution in [3.63, 3.8) is 0 Å². The molecule has 0 amide bonds. The molecular weight excluding hydrogens is 318 g/mol. The summed E-state index contributed by atoms with van der Waals surface area (Å²) in [6.45, 7) is 5.20. The molecule has 0 saturated heterocycles. The van der Waals surface area contributed by atoms with E-state index >= 15 is 0 Å². The summed E-state index contributed by atoms with van der Waals surface area (Å²) < 4.78 is 6.15. The average molecular weight is 342 g/mol. The van der Waals surface area contributed by atoms with Gasteiger partial charge in [-0.05, 0) is 37.5 Å². The molecule has 1 rings (SSSR count). The maximum atomic E-state index is 5.02. The zero-order valence-corrected chi connectivity index (χ0v) is 13.9. The van der Waals surface area contributed by atoms with Crippen LogP contribution in [0, 0.1) is 0 Å². The predicted molar refractivity (Wildman–Crippen MR) is 88.3 cm³/mol. The first-order valence-corrected chi connectivity index (χ1v) is 7.81. The average Bonchev–Trinajstić information content (AvgIpc) is 2.44. The van der Waals surface area contributed by atoms with E-state index in [0.29, 0.717) is 6.61 Å². The van der Waals surface area contributed by atoms with Gasteiger partial charge in [0.1, 0.15) is 0 Å². The summed E-state index contributed by atoms with van der Waals surface area (Å²) in [5.41, 5.74) is 1.34. The molecule has 1 aromatic rings. The number of methoxy groups -OCH3 is 1. The lowest BCUT2D eigenvalue weighted by atomic mass is 10.1. The molecule has 0 bridgehead atoms. The number of rotatable bonds is 8. The highest BCUT2D eigenvalue weighted by Crippen LogP contribution is 2.12. The summed E-state index contributed by atoms with van der Waals surface area (Å²) in [6.07, 6.45) is 2.08. The lowest BCUT2D eigenvalue weighted by molar-refractivity contribution is 0.203. The number of ether oxygens (including phenoxy) is 1. The second-order valence-corrected chi connectivity index (χ2v) is 5.33. The van der Waals surface area contributed by atoms with Gasteiger partial charge in [0, 0.05) is 31.2 Å². The quantitative estimate of drug-likeness (QED) is 0.434. The van der Waals surface area contributed by atoms with Crippen LogP contribution in [0.4, 0.5) is 0 Å². The fourth-order valence-electron chi connectivity index (χ4n) is 1.78. The second kappa shape index (κ2) is 10.7. The number of nitrogens with zero attached hydrogens (tertiary/aromatic N) is 1. The summed E-state index contributed by atoms with van der Waals surface area (Å²) in [4.78, 5) is 4.55. The second-order valence-electron chi connectivity index (χ2n) is 4.41. The van der Waals surface area contributed by atoms with E-state index in [9.17, 15) is 0 Å². The van der Waals surface area contributed by atoms with Crippen LogP contribution in [0.5, 0.6) is 0 Å². The van der Waals surface area contributed by atoms with Crippen molar-refractivity contribution >= 4 is 21.9 Å². The number of nitrogens with one attached hydrogen (secondary N) is 2. The number of aliphatic imine (C=N–C) groups is 1. The van der Waals surface area contributed by atoms with Crippen molar-refractivity contribution in [2.45, 2.75) is 19.8 Å². The molecule has 0 heterocycles. The predicted octanol–water partition coefficient (Wildman–Crippen LogP) is 2.58. The Morgan fingerprint density at radius 2 is 2.20 bits per heavy atom. The molecule has 0 fully saturated rings. The van der Waals surface area contributed by atoms with E-state index in [0.717, 1.165) is 42.9 Å². The van der Waals surface area contributed by atoms with E-state index < -0.39 is 0 Å². The van der Waals surface area contributed by atoms with Gasteiger partial charge in [0.25, 0.3) is 0 Å². The van der Waals surface area contributed by atoms with Gasteiger partial charge in [-0.3, -0.25) is 4.99 Å². The first-order valence-electron chi connectivity index (χ1n) is 7.01. The Kier molecular flexibility index (Phi) is 9.07. The topological polar surface area (TPSA) is 45.7 Å². The van der Waals surface area contributed by atoms with E-state index in [1.165, 1.54) is 5.56 Å². The largest absolute Gasteiger partial charge is 0.383 e. The van der Waals surface area contributed by atoms with Crippen LogP contribution < -0.4 is 10.6 Å². The molecule has 0 atom stereocenters. The Morgan fingerprint density at radius 3 is 2.90 bits per heavy atom. The van der Waals surface area contributed by atoms with E-state index in [4.69, 9.17) is 4.74 Å². The standard InChI is InChI=1S/C15H24BrN3O/c1-3-17-15(19-10-11-20-2)18-9-5-7-13-6-4-8-14(16)12-13/h4,6,8,12H,3,5,7,9-11H2,1-2H3,(H2,17,18,19). The van der Waals surface area contributed by atoms with Crippen molar-refractivity contribution in [2.24, 2.45) is 4.99 Å². The van der Waals surface area contributed by atoms with Gasteiger partial charge in [0.2, 0.25) is 0 Å². The van der Waals surface area contributed by atoms with Crippen LogP contribution in [0.25, 0.3) is 0 Å². The maximum absolute atomic E-state index is 5.02. The molecule has 4 nitrogen and oxygen atoms in total. The van der Waals surface area contributed by atoms with E-state index in [-0.39, 0.29) is 0 Å². The third kappa shape index (κ3) is 7.50. The molecule has 1 aromatic carbocycles. The van der Waals surface area contributed by atoms with Crippen LogP contribution in [-0.4, -0.2) is 39.3 Å². The van der Waals surface area contributed by atoms with Crippen LogP contribution >= 0.6 is 15.9 Å². The number of hydrogen-bond acceptors (Lipinski definition) is 2. The smallest absolute Gasteiger partial charge is 0.191 e. The molecule has 2 N–H and O–H groups in total. The molecule has 5 heteroatoms. The van der Waals surface area contributed by atoms with Crippen molar-refractivity contribution < 1.29 is 4.74 Å². The SMILES string of the molecule is CCNC(=NCCCc1cccc(Br)c1)NCCOC. The highest BCUT2D eigenvalue weighted by molar-refractivity contribution is 9.10. The Hall–Kier alpha value is -1.07. The molecular formula is C15H24BrN3O. The van der Waals surface area contributed by atoms with Gasteiger partial charge in [0.05, 0.1) is 6.61 Å². The highest BCUT2D eigenvalue weighted by Gasteiger charge is 1.97. The molecule has 0 aliphatic rings. The fraction of sp³-hybridized carbons (Fsp3) is 0.533. The van der Waals surface area contributed by atoms with Gasteiger partial charge in [-0.25, -0.2) is 0 Å². The third-order valence-corrected chi connectivity index (χ3v) is 3.22. The third-order valence-electron chi connectivity index (χ3n) is 2.73. The van der Waals surface area contributed by atoms with Gasteiger partial charge < -0.3 is 15.4 Å². The van der Waals surface area contributed by atoms with Gasteiger partial charge in [-0.15, -0.1) is 0 Å².